The molecule has 0 aromatic heterocycles. The summed E-state index contributed by atoms with van der Waals surface area (Å²) in [5.41, 5.74) is 0.219. The molecule has 1 saturated heterocycles. The standard InChI is InChI=1S/C14H23NO/c1-5-8-13(16)15-11-7-9-12(15)14(3,4)10-6-2/h12H,6-7,9-11H2,1-4H3. The van der Waals surface area contributed by atoms with Crippen LogP contribution in [0.3, 0.4) is 0 Å². The smallest absolute Gasteiger partial charge is 0.298 e. The molecule has 0 bridgehead atoms. The van der Waals surface area contributed by atoms with E-state index in [0.717, 1.165) is 19.4 Å². The maximum absolute atomic E-state index is 11.9. The lowest BCUT2D eigenvalue weighted by Crippen LogP contribution is -2.43. The normalized spacial score (nSPS) is 20.5. The maximum Gasteiger partial charge on any atom is 0.298 e. The van der Waals surface area contributed by atoms with Gasteiger partial charge in [-0.1, -0.05) is 33.1 Å². The molecule has 2 heteroatoms. The van der Waals surface area contributed by atoms with Gasteiger partial charge in [0.25, 0.3) is 5.91 Å². The predicted molar refractivity (Wildman–Crippen MR) is 66.9 cm³/mol. The van der Waals surface area contributed by atoms with Gasteiger partial charge in [-0.2, -0.15) is 0 Å². The van der Waals surface area contributed by atoms with Crippen molar-refractivity contribution < 1.29 is 4.79 Å². The van der Waals surface area contributed by atoms with Crippen molar-refractivity contribution in [1.29, 1.82) is 0 Å². The summed E-state index contributed by atoms with van der Waals surface area (Å²) in [4.78, 5) is 13.8. The highest BCUT2D eigenvalue weighted by molar-refractivity contribution is 5.93. The second-order valence-electron chi connectivity index (χ2n) is 5.27. The van der Waals surface area contributed by atoms with Crippen LogP contribution in [0.4, 0.5) is 0 Å². The Hall–Kier alpha value is -0.970. The van der Waals surface area contributed by atoms with Crippen molar-refractivity contribution in [3.05, 3.63) is 0 Å². The highest BCUT2D eigenvalue weighted by atomic mass is 16.2. The van der Waals surface area contributed by atoms with Crippen molar-refractivity contribution in [2.75, 3.05) is 6.54 Å². The first kappa shape index (κ1) is 13.1. The summed E-state index contributed by atoms with van der Waals surface area (Å²) in [5, 5.41) is 0. The molecule has 2 nitrogen and oxygen atoms in total. The number of carbonyl (C=O) groups excluding carboxylic acids is 1. The van der Waals surface area contributed by atoms with Crippen LogP contribution in [0, 0.1) is 17.3 Å². The van der Waals surface area contributed by atoms with E-state index < -0.39 is 0 Å². The second kappa shape index (κ2) is 5.39. The van der Waals surface area contributed by atoms with Crippen LogP contribution in [0.1, 0.15) is 53.4 Å². The Bertz CT molecular complexity index is 308. The lowest BCUT2D eigenvalue weighted by Gasteiger charge is -2.37. The minimum atomic E-state index is 0.00850. The van der Waals surface area contributed by atoms with Crippen molar-refractivity contribution in [1.82, 2.24) is 4.90 Å². The SMILES string of the molecule is CC#CC(=O)N1CCCC1C(C)(C)CCC. The average molecular weight is 221 g/mol. The van der Waals surface area contributed by atoms with E-state index in [2.05, 4.69) is 32.6 Å². The third-order valence-electron chi connectivity index (χ3n) is 3.54. The van der Waals surface area contributed by atoms with Gasteiger partial charge >= 0.3 is 0 Å². The van der Waals surface area contributed by atoms with Gasteiger partial charge in [0.15, 0.2) is 0 Å². The van der Waals surface area contributed by atoms with Crippen LogP contribution in [0.15, 0.2) is 0 Å². The van der Waals surface area contributed by atoms with Gasteiger partial charge in [-0.15, -0.1) is 0 Å². The molecule has 0 aromatic rings. The molecule has 0 N–H and O–H groups in total. The van der Waals surface area contributed by atoms with E-state index in [9.17, 15) is 4.79 Å². The third-order valence-corrected chi connectivity index (χ3v) is 3.54. The summed E-state index contributed by atoms with van der Waals surface area (Å²) >= 11 is 0. The molecule has 90 valence electrons. The van der Waals surface area contributed by atoms with E-state index in [1.54, 1.807) is 6.92 Å². The summed E-state index contributed by atoms with van der Waals surface area (Å²) in [5.74, 6) is 5.38. The van der Waals surface area contributed by atoms with Gasteiger partial charge in [0.05, 0.1) is 0 Å². The molecular formula is C14H23NO. The number of rotatable bonds is 3. The largest absolute Gasteiger partial charge is 0.328 e. The molecule has 1 unspecified atom stereocenters. The van der Waals surface area contributed by atoms with E-state index in [1.165, 1.54) is 12.8 Å². The zero-order chi connectivity index (χ0) is 12.2. The Kier molecular flexibility index (Phi) is 4.41. The first-order valence-electron chi connectivity index (χ1n) is 6.26. The quantitative estimate of drug-likeness (QED) is 0.671. The minimum absolute atomic E-state index is 0.00850. The Balaban J connectivity index is 2.78. The summed E-state index contributed by atoms with van der Waals surface area (Å²) in [6, 6.07) is 0.376. The van der Waals surface area contributed by atoms with Crippen LogP contribution < -0.4 is 0 Å². The molecule has 1 fully saturated rings. The molecule has 1 aliphatic heterocycles. The molecule has 16 heavy (non-hydrogen) atoms. The number of carbonyl (C=O) groups is 1. The molecule has 1 aliphatic rings. The Morgan fingerprint density at radius 2 is 2.19 bits per heavy atom. The van der Waals surface area contributed by atoms with E-state index >= 15 is 0 Å². The first-order chi connectivity index (χ1) is 7.53. The van der Waals surface area contributed by atoms with Crippen molar-refractivity contribution in [3.8, 4) is 11.8 Å². The highest BCUT2D eigenvalue weighted by Gasteiger charge is 2.38. The van der Waals surface area contributed by atoms with Crippen LogP contribution in [-0.2, 0) is 4.79 Å². The zero-order valence-corrected chi connectivity index (χ0v) is 11.0. The predicted octanol–water partition coefficient (Wildman–Crippen LogP) is 2.83. The van der Waals surface area contributed by atoms with Gasteiger partial charge in [0.2, 0.25) is 0 Å². The molecule has 0 spiro atoms. The van der Waals surface area contributed by atoms with Crippen molar-refractivity contribution >= 4 is 5.91 Å². The summed E-state index contributed by atoms with van der Waals surface area (Å²) in [7, 11) is 0. The fourth-order valence-electron chi connectivity index (χ4n) is 2.81. The lowest BCUT2D eigenvalue weighted by molar-refractivity contribution is -0.128. The maximum atomic E-state index is 11.9. The molecule has 1 atom stereocenters. The molecule has 1 heterocycles. The van der Waals surface area contributed by atoms with E-state index in [0.29, 0.717) is 6.04 Å². The Morgan fingerprint density at radius 3 is 2.75 bits per heavy atom. The summed E-state index contributed by atoms with van der Waals surface area (Å²) in [6.45, 7) is 9.35. The van der Waals surface area contributed by atoms with Gasteiger partial charge in [0, 0.05) is 12.6 Å². The van der Waals surface area contributed by atoms with Crippen molar-refractivity contribution in [3.63, 3.8) is 0 Å². The zero-order valence-electron chi connectivity index (χ0n) is 11.0. The topological polar surface area (TPSA) is 20.3 Å². The monoisotopic (exact) mass is 221 g/mol. The molecule has 1 amide bonds. The van der Waals surface area contributed by atoms with Gasteiger partial charge in [-0.05, 0) is 37.5 Å². The van der Waals surface area contributed by atoms with Gasteiger partial charge in [-0.25, -0.2) is 0 Å². The van der Waals surface area contributed by atoms with Crippen molar-refractivity contribution in [2.45, 2.75) is 59.4 Å². The van der Waals surface area contributed by atoms with Crippen molar-refractivity contribution in [2.24, 2.45) is 5.41 Å². The summed E-state index contributed by atoms with van der Waals surface area (Å²) < 4.78 is 0. The first-order valence-corrected chi connectivity index (χ1v) is 6.26. The van der Waals surface area contributed by atoms with E-state index in [4.69, 9.17) is 0 Å². The van der Waals surface area contributed by atoms with Crippen LogP contribution in [0.2, 0.25) is 0 Å². The fraction of sp³-hybridized carbons (Fsp3) is 0.786. The van der Waals surface area contributed by atoms with Gasteiger partial charge < -0.3 is 4.90 Å². The highest BCUT2D eigenvalue weighted by Crippen LogP contribution is 2.36. The molecule has 1 rings (SSSR count). The van der Waals surface area contributed by atoms with Gasteiger partial charge in [-0.3, -0.25) is 4.79 Å². The Morgan fingerprint density at radius 1 is 1.50 bits per heavy atom. The third kappa shape index (κ3) is 2.78. The molecule has 0 aromatic carbocycles. The molecule has 0 radical (unpaired) electrons. The number of amides is 1. The average Bonchev–Trinajstić information content (AvgIpc) is 2.66. The number of hydrogen-bond donors (Lipinski definition) is 0. The van der Waals surface area contributed by atoms with E-state index in [-0.39, 0.29) is 11.3 Å². The molecule has 0 saturated carbocycles. The molecular weight excluding hydrogens is 198 g/mol. The van der Waals surface area contributed by atoms with E-state index in [1.807, 2.05) is 4.90 Å². The van der Waals surface area contributed by atoms with Crippen LogP contribution in [-0.4, -0.2) is 23.4 Å². The van der Waals surface area contributed by atoms with Crippen LogP contribution >= 0.6 is 0 Å². The molecule has 0 aliphatic carbocycles. The number of likely N-dealkylation sites (tertiary alicyclic amines) is 1. The Labute approximate surface area is 99.4 Å². The van der Waals surface area contributed by atoms with Crippen LogP contribution in [0.25, 0.3) is 0 Å². The number of hydrogen-bond acceptors (Lipinski definition) is 1. The number of nitrogens with zero attached hydrogens (tertiary/aromatic N) is 1. The summed E-state index contributed by atoms with van der Waals surface area (Å²) in [6.07, 6.45) is 4.59. The second-order valence-corrected chi connectivity index (χ2v) is 5.27. The minimum Gasteiger partial charge on any atom is -0.328 e. The van der Waals surface area contributed by atoms with Gasteiger partial charge in [0.1, 0.15) is 0 Å². The lowest BCUT2D eigenvalue weighted by atomic mass is 9.79. The fourth-order valence-corrected chi connectivity index (χ4v) is 2.81. The van der Waals surface area contributed by atoms with Crippen LogP contribution in [0.5, 0.6) is 0 Å².